The molecular weight excluding hydrogens is 260 g/mol. The fourth-order valence-electron chi connectivity index (χ4n) is 3.81. The van der Waals surface area contributed by atoms with Crippen LogP contribution in [0.5, 0.6) is 0 Å². The molecule has 0 atom stereocenters. The number of piperidine rings is 2. The zero-order chi connectivity index (χ0) is 14.7. The molecule has 2 aliphatic rings. The van der Waals surface area contributed by atoms with Gasteiger partial charge in [0.1, 0.15) is 0 Å². The van der Waals surface area contributed by atoms with Crippen molar-refractivity contribution in [3.8, 4) is 0 Å². The first kappa shape index (κ1) is 14.6. The summed E-state index contributed by atoms with van der Waals surface area (Å²) in [7, 11) is 0. The molecule has 0 aliphatic carbocycles. The third-order valence-electron chi connectivity index (χ3n) is 5.02. The maximum Gasteiger partial charge on any atom is 0.152 e. The fourth-order valence-corrected chi connectivity index (χ4v) is 3.81. The largest absolute Gasteiger partial charge is 0.371 e. The number of carbonyl (C=O) groups is 1. The number of anilines is 1. The molecule has 2 saturated heterocycles. The number of hydrogen-bond donors (Lipinski definition) is 0. The van der Waals surface area contributed by atoms with Gasteiger partial charge in [0.15, 0.2) is 6.29 Å². The molecule has 3 rings (SSSR count). The van der Waals surface area contributed by atoms with Gasteiger partial charge in [-0.3, -0.25) is 4.79 Å². The number of rotatable bonds is 3. The normalized spacial score (nSPS) is 21.5. The molecule has 2 fully saturated rings. The Kier molecular flexibility index (Phi) is 4.59. The van der Waals surface area contributed by atoms with E-state index in [9.17, 15) is 4.79 Å². The van der Waals surface area contributed by atoms with Crippen LogP contribution in [-0.2, 0) is 0 Å². The summed E-state index contributed by atoms with van der Waals surface area (Å²) < 4.78 is 0. The van der Waals surface area contributed by atoms with E-state index in [4.69, 9.17) is 0 Å². The Morgan fingerprint density at radius 3 is 2.43 bits per heavy atom. The van der Waals surface area contributed by atoms with Gasteiger partial charge >= 0.3 is 0 Å². The zero-order valence-electron chi connectivity index (χ0n) is 13.1. The summed E-state index contributed by atoms with van der Waals surface area (Å²) in [6.07, 6.45) is 7.60. The van der Waals surface area contributed by atoms with Gasteiger partial charge in [-0.25, -0.2) is 0 Å². The molecule has 3 nitrogen and oxygen atoms in total. The van der Waals surface area contributed by atoms with Gasteiger partial charge in [0.2, 0.25) is 0 Å². The Labute approximate surface area is 127 Å². The third kappa shape index (κ3) is 3.29. The molecule has 0 bridgehead atoms. The van der Waals surface area contributed by atoms with Crippen LogP contribution in [0.1, 0.15) is 48.0 Å². The molecule has 2 heterocycles. The Bertz CT molecular complexity index is 486. The monoisotopic (exact) mass is 286 g/mol. The van der Waals surface area contributed by atoms with Crippen molar-refractivity contribution in [1.82, 2.24) is 4.90 Å². The lowest BCUT2D eigenvalue weighted by Crippen LogP contribution is -2.46. The van der Waals surface area contributed by atoms with Crippen LogP contribution in [-0.4, -0.2) is 43.4 Å². The molecule has 114 valence electrons. The minimum absolute atomic E-state index is 0.756. The second kappa shape index (κ2) is 6.61. The number of aldehydes is 1. The summed E-state index contributed by atoms with van der Waals surface area (Å²) >= 11 is 0. The van der Waals surface area contributed by atoms with Crippen LogP contribution >= 0.6 is 0 Å². The van der Waals surface area contributed by atoms with Crippen LogP contribution < -0.4 is 4.90 Å². The number of hydrogen-bond acceptors (Lipinski definition) is 3. The Morgan fingerprint density at radius 2 is 1.76 bits per heavy atom. The van der Waals surface area contributed by atoms with Gasteiger partial charge in [-0.15, -0.1) is 0 Å². The van der Waals surface area contributed by atoms with Crippen molar-refractivity contribution in [3.05, 3.63) is 29.3 Å². The van der Waals surface area contributed by atoms with Crippen LogP contribution in [0.15, 0.2) is 18.2 Å². The van der Waals surface area contributed by atoms with E-state index >= 15 is 0 Å². The molecule has 2 aliphatic heterocycles. The first-order chi connectivity index (χ1) is 10.3. The summed E-state index contributed by atoms with van der Waals surface area (Å²) in [5.41, 5.74) is 3.11. The van der Waals surface area contributed by atoms with Crippen LogP contribution in [0.2, 0.25) is 0 Å². The molecular formula is C18H26N2O. The Balaban J connectivity index is 1.64. The van der Waals surface area contributed by atoms with E-state index in [2.05, 4.69) is 21.9 Å². The lowest BCUT2D eigenvalue weighted by Gasteiger charge is -2.41. The van der Waals surface area contributed by atoms with Gasteiger partial charge in [-0.1, -0.05) is 18.1 Å². The van der Waals surface area contributed by atoms with E-state index in [1.165, 1.54) is 45.2 Å². The van der Waals surface area contributed by atoms with Gasteiger partial charge in [0.25, 0.3) is 0 Å². The van der Waals surface area contributed by atoms with E-state index < -0.39 is 0 Å². The van der Waals surface area contributed by atoms with Gasteiger partial charge in [0, 0.05) is 30.4 Å². The van der Waals surface area contributed by atoms with Crippen LogP contribution in [0, 0.1) is 6.92 Å². The zero-order valence-corrected chi connectivity index (χ0v) is 13.1. The fraction of sp³-hybridized carbons (Fsp3) is 0.611. The minimum atomic E-state index is 0.756. The van der Waals surface area contributed by atoms with E-state index in [1.54, 1.807) is 0 Å². The molecule has 0 amide bonds. The summed E-state index contributed by atoms with van der Waals surface area (Å²) in [6, 6.07) is 6.98. The molecule has 0 saturated carbocycles. The predicted octanol–water partition coefficient (Wildman–Crippen LogP) is 3.26. The molecule has 21 heavy (non-hydrogen) atoms. The number of likely N-dealkylation sites (tertiary alicyclic amines) is 1. The number of aryl methyl sites for hydroxylation is 1. The summed E-state index contributed by atoms with van der Waals surface area (Å²) in [4.78, 5) is 16.4. The maximum absolute atomic E-state index is 11.3. The molecule has 0 aromatic heterocycles. The highest BCUT2D eigenvalue weighted by molar-refractivity contribution is 5.85. The minimum Gasteiger partial charge on any atom is -0.371 e. The van der Waals surface area contributed by atoms with E-state index in [-0.39, 0.29) is 0 Å². The van der Waals surface area contributed by atoms with Crippen molar-refractivity contribution in [2.75, 3.05) is 31.1 Å². The highest BCUT2D eigenvalue weighted by Gasteiger charge is 2.26. The van der Waals surface area contributed by atoms with Crippen LogP contribution in [0.3, 0.4) is 0 Å². The average molecular weight is 286 g/mol. The van der Waals surface area contributed by atoms with Crippen LogP contribution in [0.25, 0.3) is 0 Å². The van der Waals surface area contributed by atoms with Gasteiger partial charge < -0.3 is 9.80 Å². The van der Waals surface area contributed by atoms with E-state index in [0.29, 0.717) is 0 Å². The first-order valence-electron chi connectivity index (χ1n) is 8.33. The second-order valence-corrected chi connectivity index (χ2v) is 6.49. The lowest BCUT2D eigenvalue weighted by molar-refractivity contribution is 0.112. The number of benzene rings is 1. The highest BCUT2D eigenvalue weighted by Crippen LogP contribution is 2.27. The predicted molar refractivity (Wildman–Crippen MR) is 87.2 cm³/mol. The van der Waals surface area contributed by atoms with Gasteiger partial charge in [-0.2, -0.15) is 0 Å². The summed E-state index contributed by atoms with van der Waals surface area (Å²) in [5, 5.41) is 0. The standard InChI is InChI=1S/C18H26N2O/c1-15-5-6-18(16(13-15)14-21)20-11-7-17(8-12-20)19-9-3-2-4-10-19/h5-6,13-14,17H,2-4,7-12H2,1H3. The average Bonchev–Trinajstić information content (AvgIpc) is 2.56. The quantitative estimate of drug-likeness (QED) is 0.797. The molecule has 3 heteroatoms. The second-order valence-electron chi connectivity index (χ2n) is 6.49. The van der Waals surface area contributed by atoms with Crippen molar-refractivity contribution in [3.63, 3.8) is 0 Å². The number of carbonyl (C=O) groups excluding carboxylic acids is 1. The van der Waals surface area contributed by atoms with Crippen molar-refractivity contribution >= 4 is 12.0 Å². The highest BCUT2D eigenvalue weighted by atomic mass is 16.1. The van der Waals surface area contributed by atoms with Crippen molar-refractivity contribution < 1.29 is 4.79 Å². The van der Waals surface area contributed by atoms with Gasteiger partial charge in [0.05, 0.1) is 0 Å². The summed E-state index contributed by atoms with van der Waals surface area (Å²) in [6.45, 7) is 6.76. The summed E-state index contributed by atoms with van der Waals surface area (Å²) in [5.74, 6) is 0. The first-order valence-corrected chi connectivity index (χ1v) is 8.33. The molecule has 0 N–H and O–H groups in total. The lowest BCUT2D eigenvalue weighted by atomic mass is 9.98. The van der Waals surface area contributed by atoms with E-state index in [0.717, 1.165) is 42.2 Å². The molecule has 1 aromatic carbocycles. The smallest absolute Gasteiger partial charge is 0.152 e. The van der Waals surface area contributed by atoms with Crippen molar-refractivity contribution in [1.29, 1.82) is 0 Å². The molecule has 0 radical (unpaired) electrons. The van der Waals surface area contributed by atoms with Crippen molar-refractivity contribution in [2.24, 2.45) is 0 Å². The van der Waals surface area contributed by atoms with Crippen LogP contribution in [0.4, 0.5) is 5.69 Å². The molecule has 0 unspecified atom stereocenters. The SMILES string of the molecule is Cc1ccc(N2CCC(N3CCCCC3)CC2)c(C=O)c1. The number of nitrogens with zero attached hydrogens (tertiary/aromatic N) is 2. The van der Waals surface area contributed by atoms with E-state index in [1.807, 2.05) is 13.0 Å². The topological polar surface area (TPSA) is 23.6 Å². The molecule has 1 aromatic rings. The third-order valence-corrected chi connectivity index (χ3v) is 5.02. The molecule has 0 spiro atoms. The van der Waals surface area contributed by atoms with Crippen molar-refractivity contribution in [2.45, 2.75) is 45.1 Å². The Hall–Kier alpha value is -1.35. The Morgan fingerprint density at radius 1 is 1.05 bits per heavy atom. The maximum atomic E-state index is 11.3. The van der Waals surface area contributed by atoms with Gasteiger partial charge in [-0.05, 0) is 57.8 Å².